The van der Waals surface area contributed by atoms with Gasteiger partial charge in [-0.2, -0.15) is 16.8 Å². The van der Waals surface area contributed by atoms with Crippen molar-refractivity contribution in [2.75, 3.05) is 0 Å². The molecule has 0 aliphatic carbocycles. The molecule has 3 heterocycles. The summed E-state index contributed by atoms with van der Waals surface area (Å²) < 4.78 is 76.4. The summed E-state index contributed by atoms with van der Waals surface area (Å²) >= 11 is 0. The van der Waals surface area contributed by atoms with E-state index in [0.717, 1.165) is 38.5 Å². The molecule has 0 aliphatic rings. The quantitative estimate of drug-likeness (QED) is 0.0856. The standard InChI is InChI=1S/C39H37N7O10S2/c47-38-32-11-5-7-13-34(32)40-36(27-15-19-30(20-16-27)55-57(49,50)51)45(38)24-10-4-2-1-3-9-23-44-25-29(42-43-44)26-46-37(41-35-14-8-6-12-33(35)39(46)48)28-17-21-31(22-18-28)56-58(52,53)54/h5-8,11-22,25H,1-4,9-10,23-24,26H2,(H,49,50,51)(H,52,53,54). The van der Waals surface area contributed by atoms with Gasteiger partial charge in [-0.15, -0.1) is 5.10 Å². The number of aryl methyl sites for hydroxylation is 1. The fourth-order valence-corrected chi connectivity index (χ4v) is 7.33. The highest BCUT2D eigenvalue weighted by Crippen LogP contribution is 2.25. The number of nitrogens with zero attached hydrogens (tertiary/aromatic N) is 7. The number of hydrogen-bond donors (Lipinski definition) is 2. The van der Waals surface area contributed by atoms with E-state index in [1.807, 2.05) is 0 Å². The molecule has 0 saturated heterocycles. The molecule has 0 aliphatic heterocycles. The third-order valence-electron chi connectivity index (χ3n) is 9.28. The lowest BCUT2D eigenvalue weighted by molar-refractivity contribution is 0.384. The molecule has 0 radical (unpaired) electrons. The summed E-state index contributed by atoms with van der Waals surface area (Å²) in [5.41, 5.74) is 2.22. The van der Waals surface area contributed by atoms with E-state index in [9.17, 15) is 26.4 Å². The molecule has 0 spiro atoms. The van der Waals surface area contributed by atoms with Gasteiger partial charge in [0.1, 0.15) is 28.8 Å². The summed E-state index contributed by atoms with van der Waals surface area (Å²) in [5.74, 6) is 0.592. The summed E-state index contributed by atoms with van der Waals surface area (Å²) in [5, 5.41) is 9.49. The Balaban J connectivity index is 0.942. The van der Waals surface area contributed by atoms with Crippen LogP contribution in [0.1, 0.15) is 44.2 Å². The lowest BCUT2D eigenvalue weighted by atomic mass is 10.1. The first-order valence-electron chi connectivity index (χ1n) is 18.2. The van der Waals surface area contributed by atoms with Crippen LogP contribution < -0.4 is 19.5 Å². The number of aromatic nitrogens is 7. The van der Waals surface area contributed by atoms with Gasteiger partial charge in [0.2, 0.25) is 0 Å². The van der Waals surface area contributed by atoms with Crippen molar-refractivity contribution in [3.05, 3.63) is 130 Å². The molecule has 0 amide bonds. The lowest BCUT2D eigenvalue weighted by Crippen LogP contribution is -2.24. The van der Waals surface area contributed by atoms with Crippen molar-refractivity contribution >= 4 is 42.6 Å². The van der Waals surface area contributed by atoms with Gasteiger partial charge in [-0.25, -0.2) is 9.97 Å². The highest BCUT2D eigenvalue weighted by Gasteiger charge is 2.17. The Hall–Kier alpha value is -6.28. The van der Waals surface area contributed by atoms with Gasteiger partial charge in [-0.05, 0) is 85.6 Å². The normalized spacial score (nSPS) is 12.0. The zero-order valence-corrected chi connectivity index (χ0v) is 32.4. The van der Waals surface area contributed by atoms with E-state index in [1.165, 1.54) is 41.0 Å². The minimum absolute atomic E-state index is 0.0746. The fraction of sp³-hybridized carbons (Fsp3) is 0.231. The van der Waals surface area contributed by atoms with Crippen molar-refractivity contribution < 1.29 is 34.3 Å². The van der Waals surface area contributed by atoms with Gasteiger partial charge in [-0.3, -0.25) is 32.5 Å². The van der Waals surface area contributed by atoms with Gasteiger partial charge in [0, 0.05) is 24.2 Å². The van der Waals surface area contributed by atoms with Crippen molar-refractivity contribution in [2.45, 2.75) is 58.2 Å². The molecule has 0 atom stereocenters. The summed E-state index contributed by atoms with van der Waals surface area (Å²) in [7, 11) is -9.38. The Morgan fingerprint density at radius 1 is 0.552 bits per heavy atom. The number of fused-ring (bicyclic) bond motifs is 2. The highest BCUT2D eigenvalue weighted by atomic mass is 32.3. The molecule has 19 heteroatoms. The van der Waals surface area contributed by atoms with Crippen molar-refractivity contribution in [1.29, 1.82) is 0 Å². The van der Waals surface area contributed by atoms with Crippen LogP contribution in [0.5, 0.6) is 11.5 Å². The molecule has 7 aromatic rings. The molecule has 0 bridgehead atoms. The molecule has 58 heavy (non-hydrogen) atoms. The maximum absolute atomic E-state index is 13.7. The zero-order valence-electron chi connectivity index (χ0n) is 30.8. The summed E-state index contributed by atoms with van der Waals surface area (Å²) in [6, 6.07) is 25.8. The number of benzene rings is 4. The van der Waals surface area contributed by atoms with E-state index in [-0.39, 0.29) is 29.2 Å². The van der Waals surface area contributed by atoms with Crippen LogP contribution in [0.3, 0.4) is 0 Å². The van der Waals surface area contributed by atoms with Gasteiger partial charge in [0.15, 0.2) is 0 Å². The molecule has 4 aromatic carbocycles. The minimum atomic E-state index is -4.70. The van der Waals surface area contributed by atoms with E-state index in [1.54, 1.807) is 76.1 Å². The molecule has 3 aromatic heterocycles. The molecule has 17 nitrogen and oxygen atoms in total. The third-order valence-corrected chi connectivity index (χ3v) is 10.1. The fourth-order valence-electron chi connectivity index (χ4n) is 6.63. The average molecular weight is 828 g/mol. The van der Waals surface area contributed by atoms with E-state index in [0.29, 0.717) is 63.4 Å². The molecular formula is C39H37N7O10S2. The first-order chi connectivity index (χ1) is 27.8. The first kappa shape index (κ1) is 39.9. The Morgan fingerprint density at radius 2 is 1.00 bits per heavy atom. The topological polar surface area (TPSA) is 228 Å². The average Bonchev–Trinajstić information content (AvgIpc) is 3.64. The van der Waals surface area contributed by atoms with E-state index >= 15 is 0 Å². The molecule has 300 valence electrons. The van der Waals surface area contributed by atoms with Crippen LogP contribution in [0.15, 0.2) is 113 Å². The summed E-state index contributed by atoms with van der Waals surface area (Å²) in [6.07, 6.45) is 7.08. The van der Waals surface area contributed by atoms with Gasteiger partial charge in [0.25, 0.3) is 11.1 Å². The molecule has 7 rings (SSSR count). The second-order valence-corrected chi connectivity index (χ2v) is 15.5. The number of unbranched alkanes of at least 4 members (excludes halogenated alkanes) is 5. The summed E-state index contributed by atoms with van der Waals surface area (Å²) in [6.45, 7) is 1.14. The number of para-hydroxylation sites is 2. The molecule has 0 fully saturated rings. The Kier molecular flexibility index (Phi) is 11.7. The van der Waals surface area contributed by atoms with Crippen LogP contribution in [0.2, 0.25) is 0 Å². The highest BCUT2D eigenvalue weighted by molar-refractivity contribution is 7.81. The molecular weight excluding hydrogens is 791 g/mol. The van der Waals surface area contributed by atoms with Crippen molar-refractivity contribution in [2.24, 2.45) is 0 Å². The minimum Gasteiger partial charge on any atom is -0.362 e. The second-order valence-electron chi connectivity index (χ2n) is 13.4. The maximum atomic E-state index is 13.7. The van der Waals surface area contributed by atoms with E-state index < -0.39 is 20.8 Å². The maximum Gasteiger partial charge on any atom is 0.446 e. The molecule has 0 saturated carbocycles. The van der Waals surface area contributed by atoms with Crippen LogP contribution in [0.25, 0.3) is 44.6 Å². The van der Waals surface area contributed by atoms with Crippen LogP contribution in [-0.4, -0.2) is 60.0 Å². The van der Waals surface area contributed by atoms with Crippen molar-refractivity contribution in [1.82, 2.24) is 34.1 Å². The zero-order chi connectivity index (χ0) is 40.9. The van der Waals surface area contributed by atoms with Gasteiger partial charge >= 0.3 is 20.8 Å². The lowest BCUT2D eigenvalue weighted by Gasteiger charge is -2.14. The van der Waals surface area contributed by atoms with Gasteiger partial charge < -0.3 is 8.37 Å². The monoisotopic (exact) mass is 827 g/mol. The van der Waals surface area contributed by atoms with Gasteiger partial charge in [0.05, 0.1) is 34.5 Å². The van der Waals surface area contributed by atoms with Crippen LogP contribution in [0, 0.1) is 0 Å². The van der Waals surface area contributed by atoms with Gasteiger partial charge in [-0.1, -0.05) is 55.2 Å². The summed E-state index contributed by atoms with van der Waals surface area (Å²) in [4.78, 5) is 36.7. The first-order valence-corrected chi connectivity index (χ1v) is 21.0. The number of hydrogen-bond acceptors (Lipinski definition) is 12. The Morgan fingerprint density at radius 3 is 1.52 bits per heavy atom. The van der Waals surface area contributed by atoms with E-state index in [2.05, 4.69) is 18.7 Å². The van der Waals surface area contributed by atoms with Crippen LogP contribution in [0.4, 0.5) is 0 Å². The van der Waals surface area contributed by atoms with Crippen LogP contribution >= 0.6 is 0 Å². The largest absolute Gasteiger partial charge is 0.446 e. The SMILES string of the molecule is O=c1c2ccccc2nc(-c2ccc(OS(=O)(=O)O)cc2)n1CCCCCCCCn1cc(Cn2c(-c3ccc(OS(=O)(=O)O)cc3)nc3ccccc3c2=O)nn1. The molecule has 2 N–H and O–H groups in total. The molecule has 0 unspecified atom stereocenters. The third kappa shape index (κ3) is 9.80. The van der Waals surface area contributed by atoms with E-state index in [4.69, 9.17) is 19.1 Å². The van der Waals surface area contributed by atoms with Crippen molar-refractivity contribution in [3.8, 4) is 34.3 Å². The Labute approximate surface area is 332 Å². The smallest absolute Gasteiger partial charge is 0.362 e. The van der Waals surface area contributed by atoms with Crippen molar-refractivity contribution in [3.63, 3.8) is 0 Å². The number of rotatable bonds is 17. The second kappa shape index (κ2) is 17.1. The van der Waals surface area contributed by atoms with Crippen LogP contribution in [-0.2, 0) is 40.4 Å². The Bertz CT molecular complexity index is 2930. The predicted molar refractivity (Wildman–Crippen MR) is 214 cm³/mol. The predicted octanol–water partition coefficient (Wildman–Crippen LogP) is 5.48.